The molecule has 4 N–H and O–H groups in total. The summed E-state index contributed by atoms with van der Waals surface area (Å²) >= 11 is 0. The summed E-state index contributed by atoms with van der Waals surface area (Å²) in [7, 11) is 0. The number of hydrogen-bond acceptors (Lipinski definition) is 4. The summed E-state index contributed by atoms with van der Waals surface area (Å²) in [5.41, 5.74) is 11.2. The Bertz CT molecular complexity index is 440. The molecule has 2 aliphatic rings. The molecule has 0 spiro atoms. The van der Waals surface area contributed by atoms with Crippen LogP contribution in [-0.4, -0.2) is 58.7 Å². The van der Waals surface area contributed by atoms with Crippen molar-refractivity contribution in [2.45, 2.75) is 57.2 Å². The standard InChI is InChI=1S/C14H24N4O3/c1-2-9(15)13(20)18-8-4-6-11(18)14(21)17-7-3-5-10(17)12(16)19/h9-11H,2-8,15H2,1H3,(H2,16,19)/t9-,10?,11?/m0/s1. The van der Waals surface area contributed by atoms with E-state index < -0.39 is 24.0 Å². The molecule has 3 amide bonds. The van der Waals surface area contributed by atoms with Crippen LogP contribution in [0.2, 0.25) is 0 Å². The molecule has 21 heavy (non-hydrogen) atoms. The first-order valence-corrected chi connectivity index (χ1v) is 7.63. The lowest BCUT2D eigenvalue weighted by Gasteiger charge is -2.31. The quantitative estimate of drug-likeness (QED) is 0.707. The van der Waals surface area contributed by atoms with E-state index in [4.69, 9.17) is 11.5 Å². The monoisotopic (exact) mass is 296 g/mol. The van der Waals surface area contributed by atoms with Crippen molar-refractivity contribution in [1.29, 1.82) is 0 Å². The molecule has 0 aliphatic carbocycles. The van der Waals surface area contributed by atoms with Gasteiger partial charge < -0.3 is 21.3 Å². The lowest BCUT2D eigenvalue weighted by Crippen LogP contribution is -2.54. The average Bonchev–Trinajstić information content (AvgIpc) is 3.13. The molecular weight excluding hydrogens is 272 g/mol. The maximum Gasteiger partial charge on any atom is 0.246 e. The highest BCUT2D eigenvalue weighted by Gasteiger charge is 2.42. The number of rotatable bonds is 4. The highest BCUT2D eigenvalue weighted by molar-refractivity contribution is 5.93. The van der Waals surface area contributed by atoms with E-state index in [2.05, 4.69) is 0 Å². The Labute approximate surface area is 124 Å². The molecule has 2 aliphatic heterocycles. The van der Waals surface area contributed by atoms with E-state index in [0.717, 1.165) is 12.8 Å². The first-order chi connectivity index (χ1) is 9.97. The van der Waals surface area contributed by atoms with E-state index in [0.29, 0.717) is 32.4 Å². The topological polar surface area (TPSA) is 110 Å². The minimum absolute atomic E-state index is 0.162. The normalized spacial score (nSPS) is 27.0. The van der Waals surface area contributed by atoms with Gasteiger partial charge in [0.25, 0.3) is 0 Å². The molecule has 2 heterocycles. The van der Waals surface area contributed by atoms with Gasteiger partial charge in [0.15, 0.2) is 0 Å². The van der Waals surface area contributed by atoms with Crippen molar-refractivity contribution in [3.8, 4) is 0 Å². The second-order valence-electron chi connectivity index (χ2n) is 5.80. The molecule has 2 unspecified atom stereocenters. The first-order valence-electron chi connectivity index (χ1n) is 7.63. The fourth-order valence-corrected chi connectivity index (χ4v) is 3.19. The highest BCUT2D eigenvalue weighted by atomic mass is 16.2. The van der Waals surface area contributed by atoms with Crippen molar-refractivity contribution in [3.63, 3.8) is 0 Å². The van der Waals surface area contributed by atoms with Crippen LogP contribution in [0.5, 0.6) is 0 Å². The van der Waals surface area contributed by atoms with E-state index in [1.807, 2.05) is 6.92 Å². The molecule has 2 saturated heterocycles. The third-order valence-electron chi connectivity index (χ3n) is 4.44. The SMILES string of the molecule is CC[C@H](N)C(=O)N1CCCC1C(=O)N1CCCC1C(N)=O. The number of carbonyl (C=O) groups excluding carboxylic acids is 3. The molecule has 0 saturated carbocycles. The zero-order valence-electron chi connectivity index (χ0n) is 12.5. The van der Waals surface area contributed by atoms with Gasteiger partial charge in [0.2, 0.25) is 17.7 Å². The van der Waals surface area contributed by atoms with E-state index in [9.17, 15) is 14.4 Å². The largest absolute Gasteiger partial charge is 0.368 e. The van der Waals surface area contributed by atoms with Crippen molar-refractivity contribution in [2.75, 3.05) is 13.1 Å². The number of hydrogen-bond donors (Lipinski definition) is 2. The summed E-state index contributed by atoms with van der Waals surface area (Å²) < 4.78 is 0. The zero-order chi connectivity index (χ0) is 15.6. The fraction of sp³-hybridized carbons (Fsp3) is 0.786. The second-order valence-corrected chi connectivity index (χ2v) is 5.80. The Morgan fingerprint density at radius 1 is 1.10 bits per heavy atom. The molecule has 3 atom stereocenters. The summed E-state index contributed by atoms with van der Waals surface area (Å²) in [5.74, 6) is -0.810. The molecule has 7 heteroatoms. The fourth-order valence-electron chi connectivity index (χ4n) is 3.19. The number of carbonyl (C=O) groups is 3. The molecule has 118 valence electrons. The van der Waals surface area contributed by atoms with Crippen molar-refractivity contribution in [1.82, 2.24) is 9.80 Å². The van der Waals surface area contributed by atoms with Crippen LogP contribution in [0, 0.1) is 0 Å². The van der Waals surface area contributed by atoms with Crippen LogP contribution >= 0.6 is 0 Å². The molecule has 2 fully saturated rings. The number of nitrogens with zero attached hydrogens (tertiary/aromatic N) is 2. The van der Waals surface area contributed by atoms with Gasteiger partial charge in [0.1, 0.15) is 12.1 Å². The van der Waals surface area contributed by atoms with Crippen LogP contribution in [0.1, 0.15) is 39.0 Å². The third-order valence-corrected chi connectivity index (χ3v) is 4.44. The highest BCUT2D eigenvalue weighted by Crippen LogP contribution is 2.25. The van der Waals surface area contributed by atoms with E-state index in [1.165, 1.54) is 4.90 Å². The van der Waals surface area contributed by atoms with Gasteiger partial charge >= 0.3 is 0 Å². The van der Waals surface area contributed by atoms with Gasteiger partial charge in [-0.05, 0) is 32.1 Å². The lowest BCUT2D eigenvalue weighted by atomic mass is 10.1. The number of nitrogens with two attached hydrogens (primary N) is 2. The smallest absolute Gasteiger partial charge is 0.246 e. The molecule has 0 bridgehead atoms. The van der Waals surface area contributed by atoms with Gasteiger partial charge in [0.05, 0.1) is 6.04 Å². The van der Waals surface area contributed by atoms with E-state index in [-0.39, 0.29) is 11.8 Å². The molecule has 0 aromatic carbocycles. The van der Waals surface area contributed by atoms with E-state index >= 15 is 0 Å². The first kappa shape index (κ1) is 15.8. The average molecular weight is 296 g/mol. The van der Waals surface area contributed by atoms with Crippen LogP contribution in [0.3, 0.4) is 0 Å². The summed E-state index contributed by atoms with van der Waals surface area (Å²) in [6.07, 6.45) is 3.34. The van der Waals surface area contributed by atoms with Crippen LogP contribution in [-0.2, 0) is 14.4 Å². The van der Waals surface area contributed by atoms with Crippen molar-refractivity contribution < 1.29 is 14.4 Å². The Kier molecular flexibility index (Phi) is 4.82. The predicted octanol–water partition coefficient (Wildman–Crippen LogP) is -0.809. The van der Waals surface area contributed by atoms with Crippen LogP contribution < -0.4 is 11.5 Å². The van der Waals surface area contributed by atoms with E-state index in [1.54, 1.807) is 4.90 Å². The Hall–Kier alpha value is -1.63. The Morgan fingerprint density at radius 2 is 1.67 bits per heavy atom. The number of primary amides is 1. The van der Waals surface area contributed by atoms with Gasteiger partial charge in [0, 0.05) is 13.1 Å². The second kappa shape index (κ2) is 6.43. The molecule has 2 rings (SSSR count). The number of likely N-dealkylation sites (tertiary alicyclic amines) is 2. The molecule has 0 aromatic rings. The van der Waals surface area contributed by atoms with Crippen LogP contribution in [0.25, 0.3) is 0 Å². The van der Waals surface area contributed by atoms with Gasteiger partial charge in [-0.2, -0.15) is 0 Å². The molecule has 0 radical (unpaired) electrons. The minimum Gasteiger partial charge on any atom is -0.368 e. The summed E-state index contributed by atoms with van der Waals surface area (Å²) in [6, 6.07) is -1.59. The summed E-state index contributed by atoms with van der Waals surface area (Å²) in [4.78, 5) is 39.5. The van der Waals surface area contributed by atoms with Crippen molar-refractivity contribution in [3.05, 3.63) is 0 Å². The van der Waals surface area contributed by atoms with Crippen molar-refractivity contribution >= 4 is 17.7 Å². The Morgan fingerprint density at radius 3 is 2.24 bits per heavy atom. The maximum atomic E-state index is 12.7. The Balaban J connectivity index is 2.10. The third kappa shape index (κ3) is 3.02. The maximum absolute atomic E-state index is 12.7. The lowest BCUT2D eigenvalue weighted by molar-refractivity contribution is -0.146. The van der Waals surface area contributed by atoms with Gasteiger partial charge in [-0.15, -0.1) is 0 Å². The molecule has 0 aromatic heterocycles. The van der Waals surface area contributed by atoms with Crippen LogP contribution in [0.15, 0.2) is 0 Å². The minimum atomic E-state index is -0.566. The predicted molar refractivity (Wildman–Crippen MR) is 76.9 cm³/mol. The molecule has 7 nitrogen and oxygen atoms in total. The van der Waals surface area contributed by atoms with Crippen LogP contribution in [0.4, 0.5) is 0 Å². The summed E-state index contributed by atoms with van der Waals surface area (Å²) in [5, 5.41) is 0. The molecular formula is C14H24N4O3. The summed E-state index contributed by atoms with van der Waals surface area (Å²) in [6.45, 7) is 2.93. The van der Waals surface area contributed by atoms with Crippen molar-refractivity contribution in [2.24, 2.45) is 11.5 Å². The van der Waals surface area contributed by atoms with Gasteiger partial charge in [-0.3, -0.25) is 14.4 Å². The van der Waals surface area contributed by atoms with Gasteiger partial charge in [-0.25, -0.2) is 0 Å². The zero-order valence-corrected chi connectivity index (χ0v) is 12.5. The number of amides is 3. The van der Waals surface area contributed by atoms with Gasteiger partial charge in [-0.1, -0.05) is 6.92 Å².